The van der Waals surface area contributed by atoms with Crippen LogP contribution in [0.5, 0.6) is 11.5 Å². The van der Waals surface area contributed by atoms with Crippen molar-refractivity contribution in [3.8, 4) is 11.5 Å². The Morgan fingerprint density at radius 1 is 1.18 bits per heavy atom. The molecule has 0 amide bonds. The van der Waals surface area contributed by atoms with Crippen LogP contribution in [0.1, 0.15) is 5.56 Å². The molecule has 0 atom stereocenters. The number of fused-ring (bicyclic) bond motifs is 1. The zero-order valence-corrected chi connectivity index (χ0v) is 9.52. The Bertz CT molecular complexity index is 487. The number of ether oxygens (including phenoxy) is 2. The summed E-state index contributed by atoms with van der Waals surface area (Å²) in [5.74, 6) is 0.803. The standard InChI is InChI=1S/C10H14N4O3/c1-16-9-5-3-4-14(15)13-8(5)10(17-2)7(12)6(9)11/h3-4,13,15H,11-12H2,1-2H3. The first-order valence-electron chi connectivity index (χ1n) is 4.86. The molecule has 1 aliphatic rings. The van der Waals surface area contributed by atoms with E-state index in [0.29, 0.717) is 28.4 Å². The fourth-order valence-electron chi connectivity index (χ4n) is 1.76. The zero-order chi connectivity index (χ0) is 12.6. The van der Waals surface area contributed by atoms with Gasteiger partial charge in [-0.05, 0) is 6.08 Å². The number of rotatable bonds is 2. The first-order chi connectivity index (χ1) is 8.10. The molecule has 0 fully saturated rings. The molecular formula is C10H14N4O3. The Balaban J connectivity index is 2.74. The van der Waals surface area contributed by atoms with Crippen LogP contribution in [-0.2, 0) is 0 Å². The molecule has 0 aromatic heterocycles. The third-order valence-electron chi connectivity index (χ3n) is 2.54. The third kappa shape index (κ3) is 1.56. The molecule has 0 bridgehead atoms. The van der Waals surface area contributed by atoms with E-state index in [1.807, 2.05) is 0 Å². The third-order valence-corrected chi connectivity index (χ3v) is 2.54. The highest BCUT2D eigenvalue weighted by molar-refractivity contribution is 5.93. The maximum absolute atomic E-state index is 9.37. The second kappa shape index (κ2) is 3.95. The van der Waals surface area contributed by atoms with Crippen molar-refractivity contribution in [2.45, 2.75) is 0 Å². The molecule has 7 nitrogen and oxygen atoms in total. The summed E-state index contributed by atoms with van der Waals surface area (Å²) in [4.78, 5) is 0. The molecule has 7 heteroatoms. The smallest absolute Gasteiger partial charge is 0.169 e. The summed E-state index contributed by atoms with van der Waals surface area (Å²) in [7, 11) is 2.97. The summed E-state index contributed by atoms with van der Waals surface area (Å²) in [5.41, 5.74) is 16.1. The number of hydrazine groups is 1. The van der Waals surface area contributed by atoms with E-state index in [1.165, 1.54) is 20.4 Å². The van der Waals surface area contributed by atoms with Crippen molar-refractivity contribution in [1.29, 1.82) is 0 Å². The summed E-state index contributed by atoms with van der Waals surface area (Å²) >= 11 is 0. The van der Waals surface area contributed by atoms with Crippen LogP contribution < -0.4 is 26.4 Å². The molecule has 17 heavy (non-hydrogen) atoms. The second-order valence-corrected chi connectivity index (χ2v) is 3.45. The minimum atomic E-state index is 0.263. The lowest BCUT2D eigenvalue weighted by Gasteiger charge is -2.26. The van der Waals surface area contributed by atoms with Crippen molar-refractivity contribution >= 4 is 23.1 Å². The van der Waals surface area contributed by atoms with Crippen LogP contribution in [0, 0.1) is 0 Å². The van der Waals surface area contributed by atoms with Gasteiger partial charge < -0.3 is 20.9 Å². The first kappa shape index (κ1) is 11.2. The second-order valence-electron chi connectivity index (χ2n) is 3.45. The molecule has 1 heterocycles. The van der Waals surface area contributed by atoms with Crippen LogP contribution >= 0.6 is 0 Å². The summed E-state index contributed by atoms with van der Waals surface area (Å²) in [6.07, 6.45) is 3.06. The number of anilines is 3. The fraction of sp³-hybridized carbons (Fsp3) is 0.200. The van der Waals surface area contributed by atoms with Gasteiger partial charge in [-0.2, -0.15) is 5.17 Å². The summed E-state index contributed by atoms with van der Waals surface area (Å²) in [5, 5.41) is 10.2. The van der Waals surface area contributed by atoms with Gasteiger partial charge in [0.05, 0.1) is 20.4 Å². The number of benzene rings is 1. The van der Waals surface area contributed by atoms with Crippen molar-refractivity contribution in [2.24, 2.45) is 0 Å². The van der Waals surface area contributed by atoms with Gasteiger partial charge in [0.15, 0.2) is 11.5 Å². The zero-order valence-electron chi connectivity index (χ0n) is 9.52. The number of nitrogens with zero attached hydrogens (tertiary/aromatic N) is 1. The molecule has 0 saturated heterocycles. The van der Waals surface area contributed by atoms with Crippen molar-refractivity contribution < 1.29 is 14.7 Å². The van der Waals surface area contributed by atoms with Gasteiger partial charge in [-0.1, -0.05) is 0 Å². The van der Waals surface area contributed by atoms with Crippen LogP contribution in [0.3, 0.4) is 0 Å². The summed E-state index contributed by atoms with van der Waals surface area (Å²) in [6.45, 7) is 0. The van der Waals surface area contributed by atoms with Crippen LogP contribution in [0.15, 0.2) is 6.20 Å². The van der Waals surface area contributed by atoms with Crippen molar-refractivity contribution in [1.82, 2.24) is 5.17 Å². The average Bonchev–Trinajstić information content (AvgIpc) is 2.32. The van der Waals surface area contributed by atoms with E-state index in [4.69, 9.17) is 20.9 Å². The van der Waals surface area contributed by atoms with Gasteiger partial charge in [0.2, 0.25) is 0 Å². The number of hydrogen-bond acceptors (Lipinski definition) is 7. The molecular weight excluding hydrogens is 224 g/mol. The number of nitrogens with two attached hydrogens (primary N) is 2. The molecule has 6 N–H and O–H groups in total. The predicted molar refractivity (Wildman–Crippen MR) is 64.7 cm³/mol. The number of nitrogen functional groups attached to an aromatic ring is 2. The van der Waals surface area contributed by atoms with Gasteiger partial charge in [0, 0.05) is 5.56 Å². The van der Waals surface area contributed by atoms with Crippen molar-refractivity contribution in [2.75, 3.05) is 31.1 Å². The van der Waals surface area contributed by atoms with Gasteiger partial charge in [0.25, 0.3) is 0 Å². The van der Waals surface area contributed by atoms with E-state index in [9.17, 15) is 5.21 Å². The molecule has 2 rings (SSSR count). The quantitative estimate of drug-likeness (QED) is 0.566. The predicted octanol–water partition coefficient (Wildman–Crippen LogP) is 0.871. The maximum Gasteiger partial charge on any atom is 0.169 e. The SMILES string of the molecule is COc1c(N)c(N)c(OC)c2c1C=CN(O)N2. The molecule has 0 aliphatic carbocycles. The van der Waals surface area contributed by atoms with Crippen LogP contribution in [0.4, 0.5) is 17.1 Å². The minimum Gasteiger partial charge on any atom is -0.494 e. The normalized spacial score (nSPS) is 13.0. The number of nitrogens with one attached hydrogen (secondary N) is 1. The summed E-state index contributed by atoms with van der Waals surface area (Å²) < 4.78 is 10.4. The van der Waals surface area contributed by atoms with Gasteiger partial charge in [-0.15, -0.1) is 0 Å². The maximum atomic E-state index is 9.37. The Morgan fingerprint density at radius 3 is 2.35 bits per heavy atom. The number of methoxy groups -OCH3 is 2. The topological polar surface area (TPSA) is 106 Å². The van der Waals surface area contributed by atoms with E-state index in [2.05, 4.69) is 5.43 Å². The lowest BCUT2D eigenvalue weighted by Crippen LogP contribution is -2.24. The van der Waals surface area contributed by atoms with E-state index < -0.39 is 0 Å². The molecule has 1 aliphatic heterocycles. The van der Waals surface area contributed by atoms with Gasteiger partial charge in [0.1, 0.15) is 17.1 Å². The summed E-state index contributed by atoms with van der Waals surface area (Å²) in [6, 6.07) is 0. The highest BCUT2D eigenvalue weighted by atomic mass is 16.5. The molecule has 0 radical (unpaired) electrons. The molecule has 1 aromatic carbocycles. The monoisotopic (exact) mass is 238 g/mol. The van der Waals surface area contributed by atoms with Crippen LogP contribution in [-0.4, -0.2) is 24.6 Å². The molecule has 0 spiro atoms. The highest BCUT2D eigenvalue weighted by Gasteiger charge is 2.24. The van der Waals surface area contributed by atoms with E-state index in [1.54, 1.807) is 6.08 Å². The Kier molecular flexibility index (Phi) is 2.60. The average molecular weight is 238 g/mol. The van der Waals surface area contributed by atoms with Gasteiger partial charge in [-0.3, -0.25) is 10.6 Å². The van der Waals surface area contributed by atoms with Gasteiger partial charge in [-0.25, -0.2) is 0 Å². The van der Waals surface area contributed by atoms with Crippen molar-refractivity contribution in [3.05, 3.63) is 11.8 Å². The lowest BCUT2D eigenvalue weighted by atomic mass is 10.1. The van der Waals surface area contributed by atoms with Crippen LogP contribution in [0.2, 0.25) is 0 Å². The van der Waals surface area contributed by atoms with E-state index in [0.717, 1.165) is 5.17 Å². The number of hydrogen-bond donors (Lipinski definition) is 4. The molecule has 0 saturated carbocycles. The molecule has 92 valence electrons. The Hall–Kier alpha value is -2.28. The Labute approximate surface area is 98.1 Å². The van der Waals surface area contributed by atoms with E-state index >= 15 is 0 Å². The lowest BCUT2D eigenvalue weighted by molar-refractivity contribution is -0.0144. The highest BCUT2D eigenvalue weighted by Crippen LogP contribution is 2.47. The first-order valence-corrected chi connectivity index (χ1v) is 4.86. The van der Waals surface area contributed by atoms with E-state index in [-0.39, 0.29) is 5.69 Å². The minimum absolute atomic E-state index is 0.263. The molecule has 1 aromatic rings. The number of hydroxylamine groups is 1. The largest absolute Gasteiger partial charge is 0.494 e. The fourth-order valence-corrected chi connectivity index (χ4v) is 1.76. The van der Waals surface area contributed by atoms with Crippen LogP contribution in [0.25, 0.3) is 6.08 Å². The van der Waals surface area contributed by atoms with Crippen molar-refractivity contribution in [3.63, 3.8) is 0 Å². The van der Waals surface area contributed by atoms with Gasteiger partial charge >= 0.3 is 0 Å². The Morgan fingerprint density at radius 2 is 1.76 bits per heavy atom. The molecule has 0 unspecified atom stereocenters.